The number of ketones is 2. The van der Waals surface area contributed by atoms with E-state index in [1.165, 1.54) is 12.2 Å². The van der Waals surface area contributed by atoms with Crippen molar-refractivity contribution in [3.05, 3.63) is 59.2 Å². The van der Waals surface area contributed by atoms with Crippen LogP contribution in [0.5, 0.6) is 0 Å². The second kappa shape index (κ2) is 11.2. The van der Waals surface area contributed by atoms with Gasteiger partial charge in [0.25, 0.3) is 0 Å². The molecule has 4 aliphatic carbocycles. The molecule has 248 valence electrons. The van der Waals surface area contributed by atoms with Crippen LogP contribution in [0.1, 0.15) is 77.3 Å². The lowest BCUT2D eigenvalue weighted by atomic mass is 9.44. The Morgan fingerprint density at radius 1 is 1.02 bits per heavy atom. The maximum Gasteiger partial charge on any atom is 0.306 e. The maximum absolute atomic E-state index is 17.6. The number of carbonyl (C=O) groups excluding carboxylic acids is 4. The van der Waals surface area contributed by atoms with E-state index in [9.17, 15) is 24.3 Å². The highest BCUT2D eigenvalue weighted by molar-refractivity contribution is 6.01. The average Bonchev–Trinajstić information content (AvgIpc) is 3.41. The van der Waals surface area contributed by atoms with Gasteiger partial charge in [0.1, 0.15) is 6.61 Å². The Labute approximate surface area is 268 Å². The monoisotopic (exact) mass is 638 g/mol. The highest BCUT2D eigenvalue weighted by Gasteiger charge is 2.80. The second-order valence-corrected chi connectivity index (χ2v) is 14.6. The number of allylic oxidation sites excluding steroid dienone is 4. The van der Waals surface area contributed by atoms with Crippen molar-refractivity contribution in [3.63, 3.8) is 0 Å². The van der Waals surface area contributed by atoms with Crippen LogP contribution in [0.15, 0.2) is 48.1 Å². The zero-order chi connectivity index (χ0) is 33.3. The fourth-order valence-electron chi connectivity index (χ4n) is 9.26. The van der Waals surface area contributed by atoms with E-state index in [0.29, 0.717) is 24.8 Å². The molecule has 0 aromatic heterocycles. The van der Waals surface area contributed by atoms with Gasteiger partial charge in [-0.3, -0.25) is 19.2 Å². The number of rotatable bonds is 8. The number of alkyl halides is 1. The Morgan fingerprint density at radius 3 is 2.39 bits per heavy atom. The molecule has 6 rings (SSSR count). The Kier molecular flexibility index (Phi) is 7.97. The van der Waals surface area contributed by atoms with Crippen molar-refractivity contribution in [3.8, 4) is 0 Å². The molecule has 5 aliphatic rings. The molecule has 46 heavy (non-hydrogen) atoms. The van der Waals surface area contributed by atoms with Gasteiger partial charge in [0.05, 0.1) is 25.0 Å². The summed E-state index contributed by atoms with van der Waals surface area (Å²) in [5, 5.41) is 11.7. The van der Waals surface area contributed by atoms with Gasteiger partial charge in [-0.1, -0.05) is 48.4 Å². The Morgan fingerprint density at radius 2 is 1.70 bits per heavy atom. The zero-order valence-corrected chi connectivity index (χ0v) is 27.1. The number of aliphatic hydroxyl groups is 1. The van der Waals surface area contributed by atoms with Crippen molar-refractivity contribution in [2.75, 3.05) is 6.61 Å². The predicted molar refractivity (Wildman–Crippen MR) is 163 cm³/mol. The molecular formula is C36H43FO9. The molecule has 3 saturated carbocycles. The number of fused-ring (bicyclic) bond motifs is 7. The molecule has 0 bridgehead atoms. The number of halogens is 1. The highest BCUT2D eigenvalue weighted by Crippen LogP contribution is 2.72. The van der Waals surface area contributed by atoms with Crippen LogP contribution in [0.3, 0.4) is 0 Å². The molecule has 1 aromatic carbocycles. The zero-order valence-electron chi connectivity index (χ0n) is 27.1. The number of hydrogen-bond acceptors (Lipinski definition) is 9. The van der Waals surface area contributed by atoms with E-state index in [1.807, 2.05) is 38.1 Å². The fourth-order valence-corrected chi connectivity index (χ4v) is 9.26. The summed E-state index contributed by atoms with van der Waals surface area (Å²) in [6, 6.07) is 7.54. The first-order chi connectivity index (χ1) is 21.6. The van der Waals surface area contributed by atoms with E-state index in [2.05, 4.69) is 0 Å². The summed E-state index contributed by atoms with van der Waals surface area (Å²) in [6.45, 7) is 8.42. The molecule has 1 unspecified atom stereocenters. The van der Waals surface area contributed by atoms with Crippen LogP contribution in [0.2, 0.25) is 0 Å². The average molecular weight is 639 g/mol. The Balaban J connectivity index is 1.16. The minimum Gasteiger partial charge on any atom is -0.461 e. The molecule has 10 heteroatoms. The van der Waals surface area contributed by atoms with Gasteiger partial charge in [-0.2, -0.15) is 0 Å². The van der Waals surface area contributed by atoms with Crippen molar-refractivity contribution in [1.29, 1.82) is 0 Å². The summed E-state index contributed by atoms with van der Waals surface area (Å²) in [5.41, 5.74) is -3.29. The molecule has 9 nitrogen and oxygen atoms in total. The minimum absolute atomic E-state index is 0.0849. The Hall–Kier alpha value is -3.21. The number of ether oxygens (including phenoxy) is 4. The van der Waals surface area contributed by atoms with Crippen molar-refractivity contribution >= 4 is 23.5 Å². The van der Waals surface area contributed by atoms with Crippen LogP contribution in [-0.4, -0.2) is 64.5 Å². The van der Waals surface area contributed by atoms with Crippen molar-refractivity contribution < 1.29 is 47.6 Å². The summed E-state index contributed by atoms with van der Waals surface area (Å²) in [7, 11) is 0. The van der Waals surface area contributed by atoms with E-state index in [-0.39, 0.29) is 31.7 Å². The number of aryl methyl sites for hydroxylation is 1. The second-order valence-electron chi connectivity index (χ2n) is 14.6. The first kappa shape index (κ1) is 32.7. The number of esters is 2. The molecule has 0 radical (unpaired) electrons. The topological polar surface area (TPSA) is 125 Å². The van der Waals surface area contributed by atoms with E-state index < -0.39 is 76.3 Å². The molecule has 1 saturated heterocycles. The number of carbonyl (C=O) groups is 4. The largest absolute Gasteiger partial charge is 0.461 e. The number of aliphatic hydroxyl groups excluding tert-OH is 1. The summed E-state index contributed by atoms with van der Waals surface area (Å²) >= 11 is 0. The van der Waals surface area contributed by atoms with Gasteiger partial charge in [0.2, 0.25) is 5.78 Å². The molecule has 1 aliphatic heterocycles. The van der Waals surface area contributed by atoms with Gasteiger partial charge < -0.3 is 24.1 Å². The normalized spacial score (nSPS) is 38.6. The van der Waals surface area contributed by atoms with Crippen LogP contribution >= 0.6 is 0 Å². The third kappa shape index (κ3) is 4.90. The van der Waals surface area contributed by atoms with E-state index in [1.54, 1.807) is 26.8 Å². The lowest BCUT2D eigenvalue weighted by molar-refractivity contribution is -0.246. The first-order valence-corrected chi connectivity index (χ1v) is 16.1. The van der Waals surface area contributed by atoms with Gasteiger partial charge in [0.15, 0.2) is 29.4 Å². The molecule has 0 spiro atoms. The summed E-state index contributed by atoms with van der Waals surface area (Å²) < 4.78 is 40.9. The summed E-state index contributed by atoms with van der Waals surface area (Å²) in [4.78, 5) is 51.2. The predicted octanol–water partition coefficient (Wildman–Crippen LogP) is 4.80. The van der Waals surface area contributed by atoms with Gasteiger partial charge in [-0.05, 0) is 77.0 Å². The molecule has 1 aromatic rings. The van der Waals surface area contributed by atoms with Gasteiger partial charge in [0, 0.05) is 16.7 Å². The van der Waals surface area contributed by atoms with Crippen LogP contribution in [0.4, 0.5) is 4.39 Å². The number of hydrogen-bond donors (Lipinski definition) is 1. The Bertz CT molecular complexity index is 1510. The van der Waals surface area contributed by atoms with Crippen LogP contribution in [-0.2, 0) is 44.7 Å². The molecule has 1 heterocycles. The fraction of sp³-hybridized carbons (Fsp3) is 0.611. The third-order valence-electron chi connectivity index (χ3n) is 11.5. The molecule has 8 atom stereocenters. The van der Waals surface area contributed by atoms with Crippen molar-refractivity contribution in [2.24, 2.45) is 22.7 Å². The lowest BCUT2D eigenvalue weighted by Crippen LogP contribution is -2.70. The van der Waals surface area contributed by atoms with Crippen LogP contribution in [0, 0.1) is 29.6 Å². The van der Waals surface area contributed by atoms with E-state index >= 15 is 4.39 Å². The minimum atomic E-state index is -2.07. The van der Waals surface area contributed by atoms with Gasteiger partial charge >= 0.3 is 11.9 Å². The smallest absolute Gasteiger partial charge is 0.306 e. The SMILES string of the molecule is Cc1ccc(COC(=O)CCC(=O)OCC(=O)[C@@]23OC(C)(C)O[C@@H]2C[C@H]2C4CCC5=CC(=O)C=C[C@]5(C)[C@@]4(F)[C@@H](O)C[C@@]23C)cc1. The van der Waals surface area contributed by atoms with E-state index in [0.717, 1.165) is 11.1 Å². The first-order valence-electron chi connectivity index (χ1n) is 16.1. The molecule has 4 fully saturated rings. The molecule has 0 amide bonds. The van der Waals surface area contributed by atoms with Crippen LogP contribution < -0.4 is 0 Å². The van der Waals surface area contributed by atoms with Crippen LogP contribution in [0.25, 0.3) is 0 Å². The molecular weight excluding hydrogens is 595 g/mol. The lowest BCUT2D eigenvalue weighted by Gasteiger charge is -2.62. The van der Waals surface area contributed by atoms with Crippen molar-refractivity contribution in [1.82, 2.24) is 0 Å². The quantitative estimate of drug-likeness (QED) is 0.400. The van der Waals surface area contributed by atoms with Gasteiger partial charge in [-0.25, -0.2) is 4.39 Å². The maximum atomic E-state index is 17.6. The number of benzene rings is 1. The standard InChI is InChI=1S/C36H43FO9/c1-21-6-8-22(9-7-21)19-43-30(41)12-13-31(42)44-20-28(40)36-29(45-32(2,3)46-36)17-26-25-11-10-23-16-24(38)14-15-33(23,4)35(25,37)27(39)18-34(26,36)5/h6-9,14-16,25-27,29,39H,10-13,17-20H2,1-5H3/t25?,26-,27-,29+,33-,34-,35-,36+/m0/s1. The number of Topliss-reactive ketones (excluding diaryl/α,β-unsaturated/α-hetero) is 1. The highest BCUT2D eigenvalue weighted by atomic mass is 19.1. The van der Waals surface area contributed by atoms with E-state index in [4.69, 9.17) is 18.9 Å². The third-order valence-corrected chi connectivity index (χ3v) is 11.5. The van der Waals surface area contributed by atoms with Crippen molar-refractivity contribution in [2.45, 2.75) is 109 Å². The van der Waals surface area contributed by atoms with Gasteiger partial charge in [-0.15, -0.1) is 0 Å². The summed E-state index contributed by atoms with van der Waals surface area (Å²) in [5.74, 6) is -4.19. The molecule has 1 N–H and O–H groups in total. The summed E-state index contributed by atoms with van der Waals surface area (Å²) in [6.07, 6.45) is 2.89.